The van der Waals surface area contributed by atoms with Gasteiger partial charge in [-0.3, -0.25) is 0 Å². The average molecular weight is 386 g/mol. The molecule has 23 heavy (non-hydrogen) atoms. The van der Waals surface area contributed by atoms with E-state index in [1.54, 1.807) is 6.07 Å². The van der Waals surface area contributed by atoms with E-state index >= 15 is 0 Å². The van der Waals surface area contributed by atoms with E-state index in [-0.39, 0.29) is 6.10 Å². The minimum absolute atomic E-state index is 0.255. The molecule has 6 nitrogen and oxygen atoms in total. The van der Waals surface area contributed by atoms with Crippen molar-refractivity contribution in [3.8, 4) is 5.75 Å². The number of esters is 1. The molecule has 1 aliphatic heterocycles. The fraction of sp³-hybridized carbons (Fsp3) is 0.500. The summed E-state index contributed by atoms with van der Waals surface area (Å²) < 4.78 is 17.1. The molecule has 1 aromatic carbocycles. The number of benzene rings is 1. The highest BCUT2D eigenvalue weighted by atomic mass is 79.9. The van der Waals surface area contributed by atoms with Crippen molar-refractivity contribution < 1.29 is 23.8 Å². The normalized spacial score (nSPS) is 18.1. The quantitative estimate of drug-likeness (QED) is 0.675. The number of oxime groups is 1. The summed E-state index contributed by atoms with van der Waals surface area (Å²) in [6, 6.07) is 5.50. The maximum atomic E-state index is 11.8. The third-order valence-corrected chi connectivity index (χ3v) is 3.88. The first-order chi connectivity index (χ1) is 11.1. The van der Waals surface area contributed by atoms with Crippen molar-refractivity contribution in [2.45, 2.75) is 32.5 Å². The van der Waals surface area contributed by atoms with Crippen molar-refractivity contribution in [3.05, 3.63) is 28.2 Å². The lowest BCUT2D eigenvalue weighted by Crippen LogP contribution is -2.30. The molecule has 1 heterocycles. The zero-order valence-electron chi connectivity index (χ0n) is 13.4. The SMILES string of the molecule is CCO[C@@H]1CON=C1c1cc(Br)ccc1O[C@@H](CC)C(=O)OC. The fourth-order valence-corrected chi connectivity index (χ4v) is 2.61. The summed E-state index contributed by atoms with van der Waals surface area (Å²) in [6.07, 6.45) is -0.428. The highest BCUT2D eigenvalue weighted by Crippen LogP contribution is 2.29. The van der Waals surface area contributed by atoms with Crippen LogP contribution in [0.4, 0.5) is 0 Å². The molecule has 0 saturated carbocycles. The standard InChI is InChI=1S/C16H20BrNO5/c1-4-12(16(19)20-3)23-13-7-6-10(17)8-11(13)15-14(21-5-2)9-22-18-15/h6-8,12,14H,4-5,9H2,1-3H3/t12-,14+/m0/s1. The Morgan fingerprint density at radius 1 is 1.48 bits per heavy atom. The molecule has 0 spiro atoms. The van der Waals surface area contributed by atoms with Gasteiger partial charge in [-0.05, 0) is 31.5 Å². The molecule has 0 unspecified atom stereocenters. The second kappa shape index (κ2) is 8.31. The molecule has 7 heteroatoms. The second-order valence-corrected chi connectivity index (χ2v) is 5.81. The molecule has 0 bridgehead atoms. The van der Waals surface area contributed by atoms with E-state index in [2.05, 4.69) is 21.1 Å². The van der Waals surface area contributed by atoms with Crippen LogP contribution < -0.4 is 4.74 Å². The van der Waals surface area contributed by atoms with Crippen LogP contribution in [0.25, 0.3) is 0 Å². The smallest absolute Gasteiger partial charge is 0.347 e. The Hall–Kier alpha value is -1.60. The van der Waals surface area contributed by atoms with Gasteiger partial charge in [0.05, 0.1) is 7.11 Å². The summed E-state index contributed by atoms with van der Waals surface area (Å²) in [6.45, 7) is 4.69. The van der Waals surface area contributed by atoms with Gasteiger partial charge < -0.3 is 19.0 Å². The predicted molar refractivity (Wildman–Crippen MR) is 88.8 cm³/mol. The summed E-state index contributed by atoms with van der Waals surface area (Å²) in [7, 11) is 1.34. The Balaban J connectivity index is 2.32. The molecular weight excluding hydrogens is 366 g/mol. The number of ether oxygens (including phenoxy) is 3. The van der Waals surface area contributed by atoms with Gasteiger partial charge in [-0.1, -0.05) is 28.0 Å². The minimum Gasteiger partial charge on any atom is -0.478 e. The van der Waals surface area contributed by atoms with Gasteiger partial charge in [0, 0.05) is 16.6 Å². The van der Waals surface area contributed by atoms with Gasteiger partial charge in [0.2, 0.25) is 0 Å². The number of rotatable bonds is 7. The third-order valence-electron chi connectivity index (χ3n) is 3.38. The minimum atomic E-state index is -0.673. The Bertz CT molecular complexity index is 590. The van der Waals surface area contributed by atoms with E-state index in [9.17, 15) is 4.79 Å². The van der Waals surface area contributed by atoms with E-state index in [1.165, 1.54) is 7.11 Å². The number of methoxy groups -OCH3 is 1. The van der Waals surface area contributed by atoms with E-state index < -0.39 is 12.1 Å². The lowest BCUT2D eigenvalue weighted by atomic mass is 10.0. The largest absolute Gasteiger partial charge is 0.478 e. The van der Waals surface area contributed by atoms with Crippen LogP contribution in [-0.4, -0.2) is 44.2 Å². The van der Waals surface area contributed by atoms with Crippen LogP contribution in [0.15, 0.2) is 27.8 Å². The van der Waals surface area contributed by atoms with Crippen LogP contribution in [-0.2, 0) is 19.1 Å². The van der Waals surface area contributed by atoms with Crippen molar-refractivity contribution in [2.24, 2.45) is 5.16 Å². The molecule has 0 saturated heterocycles. The first kappa shape index (κ1) is 17.7. The van der Waals surface area contributed by atoms with Crippen LogP contribution in [0.5, 0.6) is 5.75 Å². The number of carbonyl (C=O) groups excluding carboxylic acids is 1. The predicted octanol–water partition coefficient (Wildman–Crippen LogP) is 2.92. The average Bonchev–Trinajstić information content (AvgIpc) is 3.01. The highest BCUT2D eigenvalue weighted by molar-refractivity contribution is 9.10. The molecule has 126 valence electrons. The summed E-state index contributed by atoms with van der Waals surface area (Å²) >= 11 is 3.44. The van der Waals surface area contributed by atoms with E-state index in [0.29, 0.717) is 31.1 Å². The van der Waals surface area contributed by atoms with Crippen LogP contribution >= 0.6 is 15.9 Å². The highest BCUT2D eigenvalue weighted by Gasteiger charge is 2.29. The zero-order valence-corrected chi connectivity index (χ0v) is 15.0. The Labute approximate surface area is 143 Å². The number of carbonyl (C=O) groups is 1. The molecule has 0 amide bonds. The van der Waals surface area contributed by atoms with Gasteiger partial charge in [-0.15, -0.1) is 0 Å². The Morgan fingerprint density at radius 3 is 2.91 bits per heavy atom. The number of nitrogens with zero attached hydrogens (tertiary/aromatic N) is 1. The fourth-order valence-electron chi connectivity index (χ4n) is 2.25. The first-order valence-corrected chi connectivity index (χ1v) is 8.25. The number of hydrogen-bond donors (Lipinski definition) is 0. The molecule has 0 radical (unpaired) electrons. The molecule has 1 aromatic rings. The summed E-state index contributed by atoms with van der Waals surface area (Å²) in [4.78, 5) is 16.9. The van der Waals surface area contributed by atoms with Gasteiger partial charge >= 0.3 is 5.97 Å². The van der Waals surface area contributed by atoms with Crippen molar-refractivity contribution in [1.82, 2.24) is 0 Å². The first-order valence-electron chi connectivity index (χ1n) is 7.46. The van der Waals surface area contributed by atoms with Crippen LogP contribution in [0.3, 0.4) is 0 Å². The van der Waals surface area contributed by atoms with Crippen molar-refractivity contribution in [2.75, 3.05) is 20.3 Å². The molecule has 0 aliphatic carbocycles. The zero-order chi connectivity index (χ0) is 16.8. The van der Waals surface area contributed by atoms with Gasteiger partial charge in [0.25, 0.3) is 0 Å². The van der Waals surface area contributed by atoms with Gasteiger partial charge in [0.15, 0.2) is 6.10 Å². The molecule has 0 N–H and O–H groups in total. The monoisotopic (exact) mass is 385 g/mol. The van der Waals surface area contributed by atoms with Crippen LogP contribution in [0, 0.1) is 0 Å². The van der Waals surface area contributed by atoms with E-state index in [4.69, 9.17) is 19.0 Å². The molecule has 0 aromatic heterocycles. The topological polar surface area (TPSA) is 66.3 Å². The van der Waals surface area contributed by atoms with Gasteiger partial charge in [-0.25, -0.2) is 4.79 Å². The van der Waals surface area contributed by atoms with Crippen molar-refractivity contribution in [1.29, 1.82) is 0 Å². The van der Waals surface area contributed by atoms with Crippen molar-refractivity contribution in [3.63, 3.8) is 0 Å². The molecule has 1 aliphatic rings. The van der Waals surface area contributed by atoms with E-state index in [1.807, 2.05) is 26.0 Å². The Morgan fingerprint density at radius 2 is 2.26 bits per heavy atom. The summed E-state index contributed by atoms with van der Waals surface area (Å²) in [5, 5.41) is 4.08. The Kier molecular flexibility index (Phi) is 6.41. The van der Waals surface area contributed by atoms with Crippen LogP contribution in [0.2, 0.25) is 0 Å². The van der Waals surface area contributed by atoms with Crippen LogP contribution in [0.1, 0.15) is 25.8 Å². The number of hydrogen-bond acceptors (Lipinski definition) is 6. The number of halogens is 1. The van der Waals surface area contributed by atoms with E-state index in [0.717, 1.165) is 10.0 Å². The summed E-state index contributed by atoms with van der Waals surface area (Å²) in [5.41, 5.74) is 1.39. The lowest BCUT2D eigenvalue weighted by molar-refractivity contribution is -0.148. The third kappa shape index (κ3) is 4.23. The maximum absolute atomic E-state index is 11.8. The van der Waals surface area contributed by atoms with Gasteiger partial charge in [0.1, 0.15) is 24.2 Å². The summed E-state index contributed by atoms with van der Waals surface area (Å²) in [5.74, 6) is 0.131. The molecule has 0 fully saturated rings. The van der Waals surface area contributed by atoms with Gasteiger partial charge in [-0.2, -0.15) is 0 Å². The molecule has 2 atom stereocenters. The molecule has 2 rings (SSSR count). The lowest BCUT2D eigenvalue weighted by Gasteiger charge is -2.19. The molecular formula is C16H20BrNO5. The maximum Gasteiger partial charge on any atom is 0.347 e. The van der Waals surface area contributed by atoms with Crippen molar-refractivity contribution >= 4 is 27.6 Å². The second-order valence-electron chi connectivity index (χ2n) is 4.89.